The third-order valence-electron chi connectivity index (χ3n) is 5.41. The second kappa shape index (κ2) is 10.4. The number of nitrogens with one attached hydrogen (secondary N) is 1. The van der Waals surface area contributed by atoms with Gasteiger partial charge in [0.25, 0.3) is 0 Å². The number of ether oxygens (including phenoxy) is 4. The average Bonchev–Trinajstić information content (AvgIpc) is 3.39. The third-order valence-corrected chi connectivity index (χ3v) is 6.46. The van der Waals surface area contributed by atoms with Crippen molar-refractivity contribution in [2.75, 3.05) is 5.75 Å². The van der Waals surface area contributed by atoms with E-state index < -0.39 is 17.5 Å². The predicted molar refractivity (Wildman–Crippen MR) is 130 cm³/mol. The number of tetrazole rings is 1. The number of para-hydroxylation sites is 1. The number of hydrogen-bond donors (Lipinski definition) is 1. The minimum Gasteiger partial charge on any atom is -0.457 e. The summed E-state index contributed by atoms with van der Waals surface area (Å²) in [6.45, 7) is 9.23. The number of thioether (sulfide) groups is 1. The van der Waals surface area contributed by atoms with Gasteiger partial charge in [-0.3, -0.25) is 0 Å². The molecule has 0 aliphatic carbocycles. The van der Waals surface area contributed by atoms with Gasteiger partial charge in [0, 0.05) is 26.0 Å². The molecule has 0 unspecified atom stereocenters. The normalized spacial score (nSPS) is 23.7. The third kappa shape index (κ3) is 7.11. The van der Waals surface area contributed by atoms with Crippen LogP contribution in [0.25, 0.3) is 5.69 Å². The number of rotatable bonds is 7. The Labute approximate surface area is 209 Å². The number of carbonyl (C=O) groups excluding carboxylic acids is 1. The fourth-order valence-corrected chi connectivity index (χ4v) is 4.86. The van der Waals surface area contributed by atoms with Crippen molar-refractivity contribution in [3.8, 4) is 5.69 Å². The van der Waals surface area contributed by atoms with Gasteiger partial charge in [-0.2, -0.15) is 4.68 Å². The van der Waals surface area contributed by atoms with Crippen molar-refractivity contribution in [3.05, 3.63) is 42.4 Å². The van der Waals surface area contributed by atoms with Gasteiger partial charge < -0.3 is 24.3 Å². The molecule has 3 heterocycles. The molecule has 35 heavy (non-hydrogen) atoms. The van der Waals surface area contributed by atoms with Gasteiger partial charge in [-0.05, 0) is 56.2 Å². The lowest BCUT2D eigenvalue weighted by Crippen LogP contribution is -2.51. The number of hydrogen-bond acceptors (Lipinski definition) is 9. The minimum absolute atomic E-state index is 0.0430. The zero-order valence-electron chi connectivity index (χ0n) is 20.8. The molecule has 1 amide bonds. The van der Waals surface area contributed by atoms with E-state index in [2.05, 4.69) is 20.8 Å². The largest absolute Gasteiger partial charge is 0.457 e. The molecule has 4 rings (SSSR count). The summed E-state index contributed by atoms with van der Waals surface area (Å²) in [4.78, 5) is 12.5. The van der Waals surface area contributed by atoms with Crippen molar-refractivity contribution in [2.24, 2.45) is 0 Å². The van der Waals surface area contributed by atoms with Gasteiger partial charge in [0.05, 0.1) is 23.9 Å². The summed E-state index contributed by atoms with van der Waals surface area (Å²) in [5, 5.41) is 15.8. The van der Waals surface area contributed by atoms with E-state index in [-0.39, 0.29) is 18.2 Å². The summed E-state index contributed by atoms with van der Waals surface area (Å²) in [5.74, 6) is 0.657. The van der Waals surface area contributed by atoms with Crippen molar-refractivity contribution < 1.29 is 23.7 Å². The van der Waals surface area contributed by atoms with Crippen LogP contribution < -0.4 is 5.32 Å². The van der Waals surface area contributed by atoms with E-state index in [9.17, 15) is 4.79 Å². The fourth-order valence-electron chi connectivity index (χ4n) is 3.93. The van der Waals surface area contributed by atoms with Gasteiger partial charge >= 0.3 is 6.09 Å². The molecule has 0 spiro atoms. The Morgan fingerprint density at radius 2 is 2.03 bits per heavy atom. The zero-order valence-corrected chi connectivity index (χ0v) is 21.6. The Kier molecular flexibility index (Phi) is 7.56. The molecule has 190 valence electrons. The van der Waals surface area contributed by atoms with E-state index in [0.717, 1.165) is 18.5 Å². The Bertz CT molecular complexity index is 1040. The van der Waals surface area contributed by atoms with Crippen molar-refractivity contribution in [1.29, 1.82) is 0 Å². The van der Waals surface area contributed by atoms with Gasteiger partial charge in [0.2, 0.25) is 10.9 Å². The first-order valence-corrected chi connectivity index (χ1v) is 12.7. The molecular formula is C24H33N5O5S. The van der Waals surface area contributed by atoms with E-state index in [4.69, 9.17) is 18.9 Å². The highest BCUT2D eigenvalue weighted by Gasteiger charge is 2.37. The highest BCUT2D eigenvalue weighted by Crippen LogP contribution is 2.33. The number of benzene rings is 1. The molecule has 1 N–H and O–H groups in total. The van der Waals surface area contributed by atoms with Gasteiger partial charge in [-0.1, -0.05) is 30.0 Å². The number of aromatic nitrogens is 4. The molecule has 2 aromatic rings. The summed E-state index contributed by atoms with van der Waals surface area (Å²) in [6, 6.07) is 9.55. The summed E-state index contributed by atoms with van der Waals surface area (Å²) >= 11 is 1.54. The SMILES string of the molecule is CC(C)(C)OC(=O)N[C@@H]1CC[C@@H](CSc2nnnn2-c2ccccc2)O[C@@H]1CC1=COC(C)(C)O1. The predicted octanol–water partition coefficient (Wildman–Crippen LogP) is 4.21. The van der Waals surface area contributed by atoms with E-state index in [1.165, 1.54) is 0 Å². The van der Waals surface area contributed by atoms with Crippen LogP contribution in [0.1, 0.15) is 53.9 Å². The van der Waals surface area contributed by atoms with Gasteiger partial charge in [-0.15, -0.1) is 5.10 Å². The Morgan fingerprint density at radius 1 is 1.26 bits per heavy atom. The molecule has 10 nitrogen and oxygen atoms in total. The van der Waals surface area contributed by atoms with Crippen LogP contribution in [0.4, 0.5) is 4.79 Å². The molecule has 11 heteroatoms. The second-order valence-corrected chi connectivity index (χ2v) is 11.0. The maximum atomic E-state index is 12.5. The quantitative estimate of drug-likeness (QED) is 0.556. The molecular weight excluding hydrogens is 470 g/mol. The van der Waals surface area contributed by atoms with Crippen LogP contribution in [-0.4, -0.2) is 61.7 Å². The molecule has 1 aromatic heterocycles. The fraction of sp³-hybridized carbons (Fsp3) is 0.583. The van der Waals surface area contributed by atoms with Gasteiger partial charge in [-0.25, -0.2) is 4.79 Å². The summed E-state index contributed by atoms with van der Waals surface area (Å²) in [6.07, 6.45) is 2.83. The standard InChI is InChI=1S/C24H33N5O5S/c1-23(2,3)34-22(30)25-19-12-11-17(32-20(19)13-18-14-31-24(4,5)33-18)15-35-21-26-27-28-29(21)16-9-7-6-8-10-16/h6-10,14,17,19-20H,11-13,15H2,1-5H3,(H,25,30)/t17-,19+,20+/m0/s1. The highest BCUT2D eigenvalue weighted by molar-refractivity contribution is 7.99. The van der Waals surface area contributed by atoms with Crippen molar-refractivity contribution in [2.45, 2.75) is 88.7 Å². The van der Waals surface area contributed by atoms with Crippen LogP contribution in [0, 0.1) is 0 Å². The van der Waals surface area contributed by atoms with Crippen LogP contribution in [-0.2, 0) is 18.9 Å². The monoisotopic (exact) mass is 503 g/mol. The molecule has 2 aliphatic heterocycles. The lowest BCUT2D eigenvalue weighted by Gasteiger charge is -2.37. The van der Waals surface area contributed by atoms with Crippen molar-refractivity contribution >= 4 is 17.9 Å². The van der Waals surface area contributed by atoms with Gasteiger partial charge in [0.15, 0.2) is 0 Å². The molecule has 1 saturated heterocycles. The maximum Gasteiger partial charge on any atom is 0.407 e. The Hall–Kier alpha value is -2.79. The topological polar surface area (TPSA) is 110 Å². The molecule has 3 atom stereocenters. The zero-order chi connectivity index (χ0) is 25.1. The number of carbonyl (C=O) groups is 1. The number of alkyl carbamates (subject to hydrolysis) is 1. The Balaban J connectivity index is 1.40. The van der Waals surface area contributed by atoms with Crippen LogP contribution in [0.2, 0.25) is 0 Å². The molecule has 1 fully saturated rings. The summed E-state index contributed by atoms with van der Waals surface area (Å²) < 4.78 is 25.1. The number of nitrogens with zero attached hydrogens (tertiary/aromatic N) is 4. The van der Waals surface area contributed by atoms with Crippen LogP contribution in [0.3, 0.4) is 0 Å². The Morgan fingerprint density at radius 3 is 2.71 bits per heavy atom. The lowest BCUT2D eigenvalue weighted by atomic mass is 9.96. The van der Waals surface area contributed by atoms with Crippen LogP contribution >= 0.6 is 11.8 Å². The highest BCUT2D eigenvalue weighted by atomic mass is 32.2. The first-order valence-electron chi connectivity index (χ1n) is 11.8. The van der Waals surface area contributed by atoms with Gasteiger partial charge in [0.1, 0.15) is 17.6 Å². The van der Waals surface area contributed by atoms with E-state index >= 15 is 0 Å². The molecule has 0 bridgehead atoms. The second-order valence-electron chi connectivity index (χ2n) is 10.1. The molecule has 0 radical (unpaired) electrons. The van der Waals surface area contributed by atoms with Crippen molar-refractivity contribution in [1.82, 2.24) is 25.5 Å². The van der Waals surface area contributed by atoms with Crippen molar-refractivity contribution in [3.63, 3.8) is 0 Å². The summed E-state index contributed by atoms with van der Waals surface area (Å²) in [5.41, 5.74) is 0.323. The van der Waals surface area contributed by atoms with Crippen LogP contribution in [0.5, 0.6) is 0 Å². The summed E-state index contributed by atoms with van der Waals surface area (Å²) in [7, 11) is 0. The average molecular weight is 504 g/mol. The van der Waals surface area contributed by atoms with E-state index in [0.29, 0.717) is 23.1 Å². The molecule has 2 aliphatic rings. The first kappa shape index (κ1) is 25.3. The van der Waals surface area contributed by atoms with E-state index in [1.807, 2.05) is 65.0 Å². The maximum absolute atomic E-state index is 12.5. The first-order chi connectivity index (χ1) is 16.6. The molecule has 0 saturated carbocycles. The number of amides is 1. The molecule has 1 aromatic carbocycles. The van der Waals surface area contributed by atoms with E-state index in [1.54, 1.807) is 22.7 Å². The lowest BCUT2D eigenvalue weighted by molar-refractivity contribution is -0.124. The minimum atomic E-state index is -0.706. The van der Waals surface area contributed by atoms with Crippen LogP contribution in [0.15, 0.2) is 47.5 Å². The smallest absolute Gasteiger partial charge is 0.407 e.